The molecule has 1 fully saturated rings. The molecular formula is C8H12. The summed E-state index contributed by atoms with van der Waals surface area (Å²) >= 11 is 0. The molecule has 8 heavy (non-hydrogen) atoms. The first-order valence-corrected chi connectivity index (χ1v) is 3.53. The highest BCUT2D eigenvalue weighted by Gasteiger charge is 2.36. The van der Waals surface area contributed by atoms with Gasteiger partial charge in [-0.25, -0.2) is 0 Å². The third-order valence-corrected chi connectivity index (χ3v) is 2.39. The summed E-state index contributed by atoms with van der Waals surface area (Å²) in [5.41, 5.74) is 1.63. The molecule has 44 valence electrons. The van der Waals surface area contributed by atoms with Crippen LogP contribution in [0.4, 0.5) is 0 Å². The summed E-state index contributed by atoms with van der Waals surface area (Å²) in [6.07, 6.45) is 6.82. The smallest absolute Gasteiger partial charge is 0.0199 e. The molecule has 0 radical (unpaired) electrons. The summed E-state index contributed by atoms with van der Waals surface area (Å²) in [4.78, 5) is 0. The van der Waals surface area contributed by atoms with E-state index in [1.54, 1.807) is 5.57 Å². The van der Waals surface area contributed by atoms with E-state index in [0.717, 1.165) is 11.8 Å². The Labute approximate surface area is 50.6 Å². The molecule has 0 bridgehead atoms. The van der Waals surface area contributed by atoms with Crippen LogP contribution < -0.4 is 0 Å². The van der Waals surface area contributed by atoms with Gasteiger partial charge in [-0.2, -0.15) is 0 Å². The summed E-state index contributed by atoms with van der Waals surface area (Å²) in [6.45, 7) is 2.26. The molecule has 0 aromatic rings. The maximum atomic E-state index is 2.47. The minimum atomic E-state index is 1.02. The Hall–Kier alpha value is -0.260. The third kappa shape index (κ3) is 0.594. The van der Waals surface area contributed by atoms with E-state index < -0.39 is 0 Å². The van der Waals surface area contributed by atoms with Crippen LogP contribution in [0.5, 0.6) is 0 Å². The van der Waals surface area contributed by atoms with Gasteiger partial charge in [0, 0.05) is 0 Å². The van der Waals surface area contributed by atoms with Crippen LogP contribution in [0.1, 0.15) is 26.2 Å². The molecule has 0 amide bonds. The average Bonchev–Trinajstić information content (AvgIpc) is 2.43. The van der Waals surface area contributed by atoms with Crippen LogP contribution in [0.15, 0.2) is 11.6 Å². The van der Waals surface area contributed by atoms with Gasteiger partial charge in [-0.15, -0.1) is 0 Å². The molecule has 0 saturated heterocycles. The van der Waals surface area contributed by atoms with Gasteiger partial charge in [0.1, 0.15) is 0 Å². The summed E-state index contributed by atoms with van der Waals surface area (Å²) in [5.74, 6) is 2.13. The molecule has 0 heteroatoms. The van der Waals surface area contributed by atoms with E-state index in [1.807, 2.05) is 0 Å². The second kappa shape index (κ2) is 1.37. The molecule has 0 aliphatic heterocycles. The van der Waals surface area contributed by atoms with Crippen LogP contribution in [0.25, 0.3) is 0 Å². The minimum Gasteiger partial charge on any atom is -0.0822 e. The first-order chi connectivity index (χ1) is 3.86. The Morgan fingerprint density at radius 3 is 3.12 bits per heavy atom. The molecule has 0 spiro atoms. The number of allylic oxidation sites excluding steroid dienone is 2. The van der Waals surface area contributed by atoms with Crippen molar-refractivity contribution >= 4 is 0 Å². The lowest BCUT2D eigenvalue weighted by Crippen LogP contribution is -1.89. The Morgan fingerprint density at radius 1 is 1.62 bits per heavy atom. The molecule has 2 rings (SSSR count). The lowest BCUT2D eigenvalue weighted by atomic mass is 10.0. The fourth-order valence-electron chi connectivity index (χ4n) is 1.67. The standard InChI is InChI=1S/C8H12/c1-6-2-3-7-5-8(7)4-6/h4,7-8H,2-3,5H2,1H3/t7-,8?/m0/s1. The maximum absolute atomic E-state index is 2.47. The van der Waals surface area contributed by atoms with Gasteiger partial charge in [0.15, 0.2) is 0 Å². The van der Waals surface area contributed by atoms with Gasteiger partial charge >= 0.3 is 0 Å². The molecule has 0 N–H and O–H groups in total. The quantitative estimate of drug-likeness (QED) is 0.418. The Bertz CT molecular complexity index is 133. The largest absolute Gasteiger partial charge is 0.0822 e. The minimum absolute atomic E-state index is 1.02. The lowest BCUT2D eigenvalue weighted by molar-refractivity contribution is 0.659. The zero-order chi connectivity index (χ0) is 5.56. The summed E-state index contributed by atoms with van der Waals surface area (Å²) in [5, 5.41) is 0. The predicted molar refractivity (Wildman–Crippen MR) is 34.6 cm³/mol. The zero-order valence-corrected chi connectivity index (χ0v) is 5.35. The van der Waals surface area contributed by atoms with Crippen LogP contribution in [-0.2, 0) is 0 Å². The van der Waals surface area contributed by atoms with E-state index in [-0.39, 0.29) is 0 Å². The molecule has 0 heterocycles. The van der Waals surface area contributed by atoms with E-state index in [2.05, 4.69) is 13.0 Å². The fraction of sp³-hybridized carbons (Fsp3) is 0.750. The van der Waals surface area contributed by atoms with Crippen LogP contribution >= 0.6 is 0 Å². The molecule has 1 saturated carbocycles. The highest BCUT2D eigenvalue weighted by Crippen LogP contribution is 2.47. The Balaban J connectivity index is 2.15. The van der Waals surface area contributed by atoms with Crippen molar-refractivity contribution in [2.24, 2.45) is 11.8 Å². The van der Waals surface area contributed by atoms with Crippen molar-refractivity contribution in [3.63, 3.8) is 0 Å². The molecular weight excluding hydrogens is 96.1 g/mol. The highest BCUT2D eigenvalue weighted by molar-refractivity contribution is 5.13. The van der Waals surface area contributed by atoms with Gasteiger partial charge < -0.3 is 0 Å². The van der Waals surface area contributed by atoms with Crippen LogP contribution in [0, 0.1) is 11.8 Å². The number of rotatable bonds is 0. The van der Waals surface area contributed by atoms with Crippen LogP contribution in [0.3, 0.4) is 0 Å². The van der Waals surface area contributed by atoms with Gasteiger partial charge in [-0.3, -0.25) is 0 Å². The van der Waals surface area contributed by atoms with Crippen molar-refractivity contribution < 1.29 is 0 Å². The van der Waals surface area contributed by atoms with E-state index in [1.165, 1.54) is 19.3 Å². The van der Waals surface area contributed by atoms with Gasteiger partial charge in [0.2, 0.25) is 0 Å². The number of hydrogen-bond donors (Lipinski definition) is 0. The van der Waals surface area contributed by atoms with Crippen molar-refractivity contribution in [1.82, 2.24) is 0 Å². The normalized spacial score (nSPS) is 42.9. The third-order valence-electron chi connectivity index (χ3n) is 2.39. The molecule has 0 aromatic heterocycles. The SMILES string of the molecule is CC1=CC2C[C@@H]2CC1. The summed E-state index contributed by atoms with van der Waals surface area (Å²) in [6, 6.07) is 0. The predicted octanol–water partition coefficient (Wildman–Crippen LogP) is 2.36. The van der Waals surface area contributed by atoms with Gasteiger partial charge in [0.25, 0.3) is 0 Å². The lowest BCUT2D eigenvalue weighted by Gasteiger charge is -2.05. The topological polar surface area (TPSA) is 0 Å². The Morgan fingerprint density at radius 2 is 2.50 bits per heavy atom. The summed E-state index contributed by atoms with van der Waals surface area (Å²) < 4.78 is 0. The molecule has 0 nitrogen and oxygen atoms in total. The molecule has 2 aliphatic carbocycles. The first kappa shape index (κ1) is 4.60. The molecule has 2 atom stereocenters. The maximum Gasteiger partial charge on any atom is -0.0199 e. The summed E-state index contributed by atoms with van der Waals surface area (Å²) in [7, 11) is 0. The van der Waals surface area contributed by atoms with E-state index >= 15 is 0 Å². The van der Waals surface area contributed by atoms with Crippen LogP contribution in [-0.4, -0.2) is 0 Å². The molecule has 0 aromatic carbocycles. The van der Waals surface area contributed by atoms with E-state index in [9.17, 15) is 0 Å². The zero-order valence-electron chi connectivity index (χ0n) is 5.35. The highest BCUT2D eigenvalue weighted by atomic mass is 14.4. The monoisotopic (exact) mass is 108 g/mol. The van der Waals surface area contributed by atoms with E-state index in [0.29, 0.717) is 0 Å². The fourth-order valence-corrected chi connectivity index (χ4v) is 1.67. The van der Waals surface area contributed by atoms with Crippen molar-refractivity contribution in [1.29, 1.82) is 0 Å². The Kier molecular flexibility index (Phi) is 0.787. The average molecular weight is 108 g/mol. The van der Waals surface area contributed by atoms with Crippen molar-refractivity contribution in [3.8, 4) is 0 Å². The van der Waals surface area contributed by atoms with Gasteiger partial charge in [0.05, 0.1) is 0 Å². The van der Waals surface area contributed by atoms with Crippen molar-refractivity contribution in [2.45, 2.75) is 26.2 Å². The molecule has 1 unspecified atom stereocenters. The van der Waals surface area contributed by atoms with Gasteiger partial charge in [-0.1, -0.05) is 11.6 Å². The second-order valence-electron chi connectivity index (χ2n) is 3.21. The number of hydrogen-bond acceptors (Lipinski definition) is 0. The van der Waals surface area contributed by atoms with E-state index in [4.69, 9.17) is 0 Å². The van der Waals surface area contributed by atoms with Crippen molar-refractivity contribution in [2.75, 3.05) is 0 Å². The first-order valence-electron chi connectivity index (χ1n) is 3.53. The van der Waals surface area contributed by atoms with Crippen molar-refractivity contribution in [3.05, 3.63) is 11.6 Å². The second-order valence-corrected chi connectivity index (χ2v) is 3.21. The van der Waals surface area contributed by atoms with Crippen LogP contribution in [0.2, 0.25) is 0 Å². The molecule has 2 aliphatic rings. The number of fused-ring (bicyclic) bond motifs is 1. The van der Waals surface area contributed by atoms with Gasteiger partial charge in [-0.05, 0) is 38.0 Å².